The van der Waals surface area contributed by atoms with Gasteiger partial charge in [0.15, 0.2) is 5.76 Å². The summed E-state index contributed by atoms with van der Waals surface area (Å²) in [6, 6.07) is 5.46. The van der Waals surface area contributed by atoms with Crippen LogP contribution in [0.2, 0.25) is 0 Å². The van der Waals surface area contributed by atoms with Crippen molar-refractivity contribution in [1.82, 2.24) is 5.32 Å². The van der Waals surface area contributed by atoms with Gasteiger partial charge in [-0.05, 0) is 43.5 Å². The standard InChI is InChI=1S/C14H13BrN2O3/c1-7-4-9(15)5-8-6-10(20-11(7)8)12(18)17-14(2-3-14)13(16)19/h4-6H,2-3H2,1H3,(H2,16,19)(H,17,18). The van der Waals surface area contributed by atoms with Gasteiger partial charge in [-0.15, -0.1) is 0 Å². The van der Waals surface area contributed by atoms with Crippen molar-refractivity contribution >= 4 is 38.7 Å². The molecule has 2 amide bonds. The van der Waals surface area contributed by atoms with Crippen LogP contribution in [0.5, 0.6) is 0 Å². The largest absolute Gasteiger partial charge is 0.451 e. The number of hydrogen-bond donors (Lipinski definition) is 2. The van der Waals surface area contributed by atoms with Gasteiger partial charge < -0.3 is 15.5 Å². The Morgan fingerprint density at radius 3 is 2.65 bits per heavy atom. The second kappa shape index (κ2) is 4.34. The van der Waals surface area contributed by atoms with Gasteiger partial charge in [-0.25, -0.2) is 0 Å². The molecule has 0 saturated heterocycles. The van der Waals surface area contributed by atoms with E-state index < -0.39 is 17.4 Å². The minimum Gasteiger partial charge on any atom is -0.451 e. The van der Waals surface area contributed by atoms with Crippen LogP contribution in [0.1, 0.15) is 29.0 Å². The normalized spacial score (nSPS) is 16.1. The number of rotatable bonds is 3. The molecule has 3 rings (SSSR count). The van der Waals surface area contributed by atoms with Crippen molar-refractivity contribution in [2.75, 3.05) is 0 Å². The summed E-state index contributed by atoms with van der Waals surface area (Å²) in [5.41, 5.74) is 6.01. The van der Waals surface area contributed by atoms with Crippen LogP contribution in [0.4, 0.5) is 0 Å². The van der Waals surface area contributed by atoms with Crippen LogP contribution >= 0.6 is 15.9 Å². The van der Waals surface area contributed by atoms with Gasteiger partial charge in [0, 0.05) is 9.86 Å². The Kier molecular flexibility index (Phi) is 2.86. The highest BCUT2D eigenvalue weighted by Crippen LogP contribution is 2.35. The third-order valence-corrected chi connectivity index (χ3v) is 4.02. The van der Waals surface area contributed by atoms with Gasteiger partial charge in [0.1, 0.15) is 11.1 Å². The van der Waals surface area contributed by atoms with Gasteiger partial charge in [0.2, 0.25) is 5.91 Å². The quantitative estimate of drug-likeness (QED) is 0.901. The van der Waals surface area contributed by atoms with E-state index in [0.29, 0.717) is 18.4 Å². The highest BCUT2D eigenvalue weighted by Gasteiger charge is 2.50. The van der Waals surface area contributed by atoms with Crippen LogP contribution in [-0.4, -0.2) is 17.4 Å². The van der Waals surface area contributed by atoms with Gasteiger partial charge in [-0.2, -0.15) is 0 Å². The number of nitrogens with one attached hydrogen (secondary N) is 1. The Hall–Kier alpha value is -1.82. The number of aryl methyl sites for hydroxylation is 1. The van der Waals surface area contributed by atoms with E-state index in [2.05, 4.69) is 21.2 Å². The number of hydrogen-bond acceptors (Lipinski definition) is 3. The number of primary amides is 1. The number of carbonyl (C=O) groups excluding carboxylic acids is 2. The molecule has 2 aromatic rings. The highest BCUT2D eigenvalue weighted by atomic mass is 79.9. The third kappa shape index (κ3) is 2.10. The number of fused-ring (bicyclic) bond motifs is 1. The number of furan rings is 1. The molecular weight excluding hydrogens is 324 g/mol. The second-order valence-corrected chi connectivity index (χ2v) is 6.07. The predicted molar refractivity (Wildman–Crippen MR) is 77.3 cm³/mol. The number of amides is 2. The molecule has 0 radical (unpaired) electrons. The zero-order valence-electron chi connectivity index (χ0n) is 10.8. The molecule has 0 atom stereocenters. The summed E-state index contributed by atoms with van der Waals surface area (Å²) in [5, 5.41) is 3.50. The van der Waals surface area contributed by atoms with Crippen LogP contribution in [0.25, 0.3) is 11.0 Å². The average molecular weight is 337 g/mol. The first-order valence-electron chi connectivity index (χ1n) is 6.23. The van der Waals surface area contributed by atoms with Gasteiger partial charge >= 0.3 is 0 Å². The summed E-state index contributed by atoms with van der Waals surface area (Å²) < 4.78 is 6.51. The summed E-state index contributed by atoms with van der Waals surface area (Å²) in [6.07, 6.45) is 1.16. The Balaban J connectivity index is 1.93. The molecule has 1 saturated carbocycles. The van der Waals surface area contributed by atoms with Crippen molar-refractivity contribution in [2.45, 2.75) is 25.3 Å². The second-order valence-electron chi connectivity index (χ2n) is 5.15. The van der Waals surface area contributed by atoms with Crippen LogP contribution in [0, 0.1) is 6.92 Å². The summed E-state index contributed by atoms with van der Waals surface area (Å²) in [7, 11) is 0. The zero-order valence-corrected chi connectivity index (χ0v) is 12.4. The van der Waals surface area contributed by atoms with E-state index in [0.717, 1.165) is 15.4 Å². The van der Waals surface area contributed by atoms with Crippen LogP contribution < -0.4 is 11.1 Å². The first-order valence-corrected chi connectivity index (χ1v) is 7.03. The minimum atomic E-state index is -0.883. The number of carbonyl (C=O) groups is 2. The topological polar surface area (TPSA) is 85.3 Å². The van der Waals surface area contributed by atoms with Crippen LogP contribution in [0.3, 0.4) is 0 Å². The molecule has 1 aromatic carbocycles. The molecule has 0 bridgehead atoms. The van der Waals surface area contributed by atoms with Gasteiger partial charge in [0.05, 0.1) is 0 Å². The fourth-order valence-electron chi connectivity index (χ4n) is 2.23. The molecule has 0 aliphatic heterocycles. The lowest BCUT2D eigenvalue weighted by molar-refractivity contribution is -0.120. The van der Waals surface area contributed by atoms with E-state index >= 15 is 0 Å². The first-order chi connectivity index (χ1) is 9.41. The van der Waals surface area contributed by atoms with E-state index in [1.54, 1.807) is 6.07 Å². The Morgan fingerprint density at radius 1 is 1.35 bits per heavy atom. The van der Waals surface area contributed by atoms with Crippen molar-refractivity contribution in [3.05, 3.63) is 34.0 Å². The number of nitrogens with two attached hydrogens (primary N) is 1. The Labute approximate surface area is 123 Å². The van der Waals surface area contributed by atoms with E-state index in [1.165, 1.54) is 0 Å². The Morgan fingerprint density at radius 2 is 2.05 bits per heavy atom. The molecule has 104 valence electrons. The molecule has 1 fully saturated rings. The molecule has 1 aromatic heterocycles. The molecular formula is C14H13BrN2O3. The molecule has 6 heteroatoms. The van der Waals surface area contributed by atoms with Crippen molar-refractivity contribution in [3.8, 4) is 0 Å². The summed E-state index contributed by atoms with van der Waals surface area (Å²) in [4.78, 5) is 23.4. The van der Waals surface area contributed by atoms with Crippen LogP contribution in [-0.2, 0) is 4.79 Å². The first kappa shape index (κ1) is 13.2. The van der Waals surface area contributed by atoms with E-state index in [9.17, 15) is 9.59 Å². The molecule has 5 nitrogen and oxygen atoms in total. The molecule has 1 heterocycles. The molecule has 20 heavy (non-hydrogen) atoms. The van der Waals surface area contributed by atoms with Gasteiger partial charge in [0.25, 0.3) is 5.91 Å². The van der Waals surface area contributed by atoms with Crippen molar-refractivity contribution < 1.29 is 14.0 Å². The lowest BCUT2D eigenvalue weighted by Crippen LogP contribution is -2.46. The maximum Gasteiger partial charge on any atom is 0.287 e. The van der Waals surface area contributed by atoms with Gasteiger partial charge in [-0.1, -0.05) is 15.9 Å². The lowest BCUT2D eigenvalue weighted by atomic mass is 10.2. The molecule has 3 N–H and O–H groups in total. The van der Waals surface area contributed by atoms with E-state index in [4.69, 9.17) is 10.2 Å². The van der Waals surface area contributed by atoms with Gasteiger partial charge in [-0.3, -0.25) is 9.59 Å². The molecule has 0 unspecified atom stereocenters. The summed E-state index contributed by atoms with van der Waals surface area (Å²) in [6.45, 7) is 1.91. The predicted octanol–water partition coefficient (Wildman–Crippen LogP) is 2.25. The fraction of sp³-hybridized carbons (Fsp3) is 0.286. The smallest absolute Gasteiger partial charge is 0.287 e. The average Bonchev–Trinajstić information content (AvgIpc) is 3.00. The SMILES string of the molecule is Cc1cc(Br)cc2cc(C(=O)NC3(C(N)=O)CC3)oc12. The van der Waals surface area contributed by atoms with E-state index in [-0.39, 0.29) is 5.76 Å². The maximum atomic E-state index is 12.1. The molecule has 0 spiro atoms. The zero-order chi connectivity index (χ0) is 14.5. The molecule has 1 aliphatic rings. The maximum absolute atomic E-state index is 12.1. The van der Waals surface area contributed by atoms with Crippen LogP contribution in [0.15, 0.2) is 27.1 Å². The van der Waals surface area contributed by atoms with E-state index in [1.807, 2.05) is 19.1 Å². The highest BCUT2D eigenvalue weighted by molar-refractivity contribution is 9.10. The number of halogens is 1. The van der Waals surface area contributed by atoms with Crippen molar-refractivity contribution in [1.29, 1.82) is 0 Å². The summed E-state index contributed by atoms with van der Waals surface area (Å²) >= 11 is 3.40. The minimum absolute atomic E-state index is 0.189. The van der Waals surface area contributed by atoms with Crippen molar-refractivity contribution in [2.24, 2.45) is 5.73 Å². The third-order valence-electron chi connectivity index (χ3n) is 3.57. The Bertz CT molecular complexity index is 731. The number of benzene rings is 1. The molecule has 1 aliphatic carbocycles. The lowest BCUT2D eigenvalue weighted by Gasteiger charge is -2.11. The fourth-order valence-corrected chi connectivity index (χ4v) is 2.82. The summed E-state index contributed by atoms with van der Waals surface area (Å²) in [5.74, 6) is -0.720. The monoisotopic (exact) mass is 336 g/mol. The van der Waals surface area contributed by atoms with Crippen molar-refractivity contribution in [3.63, 3.8) is 0 Å².